The molecule has 1 amide bonds. The van der Waals surface area contributed by atoms with Crippen molar-refractivity contribution in [2.75, 3.05) is 5.01 Å². The van der Waals surface area contributed by atoms with Crippen LogP contribution in [0.25, 0.3) is 6.08 Å². The van der Waals surface area contributed by atoms with Crippen LogP contribution >= 0.6 is 0 Å². The van der Waals surface area contributed by atoms with E-state index in [-0.39, 0.29) is 11.3 Å². The number of anilines is 1. The number of nitrogens with zero attached hydrogens (tertiary/aromatic N) is 2. The Balaban J connectivity index is 1.95. The molecule has 0 atom stereocenters. The quantitative estimate of drug-likeness (QED) is 0.764. The van der Waals surface area contributed by atoms with E-state index in [0.29, 0.717) is 17.2 Å². The van der Waals surface area contributed by atoms with E-state index in [9.17, 15) is 18.0 Å². The second-order valence-corrected chi connectivity index (χ2v) is 5.36. The summed E-state index contributed by atoms with van der Waals surface area (Å²) in [5.41, 5.74) is -0.0823. The third kappa shape index (κ3) is 2.97. The third-order valence-corrected chi connectivity index (χ3v) is 3.53. The highest BCUT2D eigenvalue weighted by molar-refractivity contribution is 6.32. The molecule has 0 radical (unpaired) electrons. The Morgan fingerprint density at radius 1 is 1.17 bits per heavy atom. The predicted octanol–water partition coefficient (Wildman–Crippen LogP) is 4.41. The van der Waals surface area contributed by atoms with Gasteiger partial charge in [0.25, 0.3) is 5.91 Å². The van der Waals surface area contributed by atoms with Crippen LogP contribution in [0.2, 0.25) is 0 Å². The first-order valence-corrected chi connectivity index (χ1v) is 7.11. The van der Waals surface area contributed by atoms with Gasteiger partial charge >= 0.3 is 6.18 Å². The number of hydrogen-bond acceptors (Lipinski definition) is 3. The summed E-state index contributed by atoms with van der Waals surface area (Å²) in [5, 5.41) is 5.03. The number of carbonyl (C=O) groups excluding carboxylic acids is 1. The van der Waals surface area contributed by atoms with Gasteiger partial charge < -0.3 is 4.42 Å². The number of hydrogen-bond donors (Lipinski definition) is 0. The topological polar surface area (TPSA) is 45.8 Å². The van der Waals surface area contributed by atoms with Crippen LogP contribution in [0.3, 0.4) is 0 Å². The van der Waals surface area contributed by atoms with Gasteiger partial charge in [-0.15, -0.1) is 0 Å². The number of hydrazone groups is 1. The first-order chi connectivity index (χ1) is 11.3. The molecular weight excluding hydrogens is 321 g/mol. The molecule has 1 aromatic carbocycles. The maximum absolute atomic E-state index is 12.8. The van der Waals surface area contributed by atoms with Crippen molar-refractivity contribution in [1.29, 1.82) is 0 Å². The second-order valence-electron chi connectivity index (χ2n) is 5.36. The zero-order valence-electron chi connectivity index (χ0n) is 12.9. The first-order valence-electron chi connectivity index (χ1n) is 7.11. The van der Waals surface area contributed by atoms with Gasteiger partial charge in [0, 0.05) is 0 Å². The van der Waals surface area contributed by atoms with E-state index in [2.05, 4.69) is 5.10 Å². The average Bonchev–Trinajstić information content (AvgIpc) is 3.05. The van der Waals surface area contributed by atoms with Gasteiger partial charge in [-0.3, -0.25) is 4.79 Å². The van der Waals surface area contributed by atoms with E-state index in [4.69, 9.17) is 4.42 Å². The average molecular weight is 334 g/mol. The minimum atomic E-state index is -4.48. The van der Waals surface area contributed by atoms with Crippen molar-refractivity contribution < 1.29 is 22.4 Å². The van der Waals surface area contributed by atoms with Gasteiger partial charge in [0.2, 0.25) is 0 Å². The fourth-order valence-electron chi connectivity index (χ4n) is 2.35. The summed E-state index contributed by atoms with van der Waals surface area (Å²) in [5.74, 6) is 0.675. The minimum Gasteiger partial charge on any atom is -0.462 e. The molecule has 0 N–H and O–H groups in total. The number of rotatable bonds is 2. The molecule has 0 aliphatic carbocycles. The molecule has 0 saturated carbocycles. The highest BCUT2D eigenvalue weighted by Crippen LogP contribution is 2.33. The Morgan fingerprint density at radius 2 is 1.92 bits per heavy atom. The van der Waals surface area contributed by atoms with E-state index in [1.54, 1.807) is 26.0 Å². The molecule has 2 aromatic rings. The third-order valence-electron chi connectivity index (χ3n) is 3.53. The molecule has 0 fully saturated rings. The molecule has 124 valence electrons. The van der Waals surface area contributed by atoms with Gasteiger partial charge in [0.15, 0.2) is 0 Å². The Labute approximate surface area is 135 Å². The van der Waals surface area contributed by atoms with Crippen LogP contribution in [0, 0.1) is 6.92 Å². The molecule has 7 heteroatoms. The monoisotopic (exact) mass is 334 g/mol. The smallest absolute Gasteiger partial charge is 0.416 e. The van der Waals surface area contributed by atoms with Crippen molar-refractivity contribution in [3.8, 4) is 0 Å². The number of aryl methyl sites for hydroxylation is 1. The van der Waals surface area contributed by atoms with Crippen molar-refractivity contribution >= 4 is 23.4 Å². The molecule has 1 aliphatic rings. The van der Waals surface area contributed by atoms with Crippen LogP contribution in [0.15, 0.2) is 51.5 Å². The van der Waals surface area contributed by atoms with Gasteiger partial charge in [0.05, 0.1) is 22.5 Å². The molecular formula is C17H13F3N2O2. The summed E-state index contributed by atoms with van der Waals surface area (Å²) in [6.07, 6.45) is -2.95. The van der Waals surface area contributed by atoms with Crippen LogP contribution in [-0.4, -0.2) is 11.6 Å². The summed E-state index contributed by atoms with van der Waals surface area (Å²) < 4.78 is 43.9. The van der Waals surface area contributed by atoms with Gasteiger partial charge in [-0.2, -0.15) is 23.3 Å². The van der Waals surface area contributed by atoms with E-state index < -0.39 is 17.6 Å². The van der Waals surface area contributed by atoms with Crippen molar-refractivity contribution in [2.24, 2.45) is 5.10 Å². The summed E-state index contributed by atoms with van der Waals surface area (Å²) in [6.45, 7) is 3.39. The van der Waals surface area contributed by atoms with E-state index >= 15 is 0 Å². The van der Waals surface area contributed by atoms with Crippen LogP contribution in [0.4, 0.5) is 18.9 Å². The van der Waals surface area contributed by atoms with Gasteiger partial charge in [-0.05, 0) is 50.3 Å². The van der Waals surface area contributed by atoms with Crippen LogP contribution < -0.4 is 5.01 Å². The highest BCUT2D eigenvalue weighted by atomic mass is 19.4. The van der Waals surface area contributed by atoms with E-state index in [0.717, 1.165) is 17.1 Å². The van der Waals surface area contributed by atoms with Crippen molar-refractivity contribution in [3.63, 3.8) is 0 Å². The standard InChI is InChI=1S/C17H13F3N2O2/c1-10-6-7-14(24-10)9-15-11(2)21-22(16(15)23)13-5-3-4-12(8-13)17(18,19)20/h3-9H,1-2H3. The lowest BCUT2D eigenvalue weighted by atomic mass is 10.1. The number of halogens is 3. The number of benzene rings is 1. The summed E-state index contributed by atoms with van der Waals surface area (Å²) in [7, 11) is 0. The van der Waals surface area contributed by atoms with E-state index in [1.165, 1.54) is 18.2 Å². The van der Waals surface area contributed by atoms with Crippen LogP contribution in [0.5, 0.6) is 0 Å². The Kier molecular flexibility index (Phi) is 3.79. The fraction of sp³-hybridized carbons (Fsp3) is 0.176. The predicted molar refractivity (Wildman–Crippen MR) is 83.5 cm³/mol. The normalized spacial score (nSPS) is 16.9. The molecule has 0 unspecified atom stereocenters. The van der Waals surface area contributed by atoms with Crippen molar-refractivity contribution in [2.45, 2.75) is 20.0 Å². The molecule has 2 heterocycles. The van der Waals surface area contributed by atoms with Crippen LogP contribution in [-0.2, 0) is 11.0 Å². The molecule has 1 aromatic heterocycles. The second kappa shape index (κ2) is 5.67. The molecule has 1 aliphatic heterocycles. The Bertz CT molecular complexity index is 863. The van der Waals surface area contributed by atoms with Gasteiger partial charge in [0.1, 0.15) is 11.5 Å². The lowest BCUT2D eigenvalue weighted by molar-refractivity contribution is -0.137. The SMILES string of the molecule is CC1=NN(c2cccc(C(F)(F)F)c2)C(=O)C1=Cc1ccc(C)o1. The molecule has 4 nitrogen and oxygen atoms in total. The maximum Gasteiger partial charge on any atom is 0.416 e. The lowest BCUT2D eigenvalue weighted by Gasteiger charge is -2.14. The molecule has 0 spiro atoms. The molecule has 0 saturated heterocycles. The van der Waals surface area contributed by atoms with Crippen LogP contribution in [0.1, 0.15) is 24.0 Å². The Hall–Kier alpha value is -2.83. The van der Waals surface area contributed by atoms with Gasteiger partial charge in [-0.25, -0.2) is 0 Å². The number of furan rings is 1. The van der Waals surface area contributed by atoms with Crippen molar-refractivity contribution in [1.82, 2.24) is 0 Å². The van der Waals surface area contributed by atoms with E-state index in [1.807, 2.05) is 0 Å². The fourth-order valence-corrected chi connectivity index (χ4v) is 2.35. The molecule has 3 rings (SSSR count). The number of alkyl halides is 3. The first kappa shape index (κ1) is 16.0. The van der Waals surface area contributed by atoms with Gasteiger partial charge in [-0.1, -0.05) is 6.07 Å². The Morgan fingerprint density at radius 3 is 2.54 bits per heavy atom. The number of amides is 1. The molecule has 24 heavy (non-hydrogen) atoms. The zero-order valence-corrected chi connectivity index (χ0v) is 12.9. The minimum absolute atomic E-state index is 0.0631. The molecule has 0 bridgehead atoms. The largest absolute Gasteiger partial charge is 0.462 e. The van der Waals surface area contributed by atoms with Crippen molar-refractivity contribution in [3.05, 3.63) is 59.1 Å². The summed E-state index contributed by atoms with van der Waals surface area (Å²) in [4.78, 5) is 12.5. The maximum atomic E-state index is 12.8. The summed E-state index contributed by atoms with van der Waals surface area (Å²) in [6, 6.07) is 7.95. The number of carbonyl (C=O) groups is 1. The summed E-state index contributed by atoms with van der Waals surface area (Å²) >= 11 is 0. The zero-order chi connectivity index (χ0) is 17.5. The highest BCUT2D eigenvalue weighted by Gasteiger charge is 2.33. The lowest BCUT2D eigenvalue weighted by Crippen LogP contribution is -2.21.